The number of carbonyl (C=O) groups is 2. The van der Waals surface area contributed by atoms with Gasteiger partial charge in [0.05, 0.1) is 18.2 Å². The van der Waals surface area contributed by atoms with E-state index in [2.05, 4.69) is 0 Å². The minimum absolute atomic E-state index is 0.101. The molecule has 1 aromatic carbocycles. The molecule has 0 spiro atoms. The second kappa shape index (κ2) is 5.29. The van der Waals surface area contributed by atoms with Gasteiger partial charge in [-0.25, -0.2) is 19.2 Å². The van der Waals surface area contributed by atoms with Crippen molar-refractivity contribution < 1.29 is 18.7 Å². The Hall–Kier alpha value is -2.21. The van der Waals surface area contributed by atoms with Gasteiger partial charge in [-0.3, -0.25) is 4.79 Å². The normalized spacial score (nSPS) is 21.4. The molecule has 0 N–H and O–H groups in total. The molecular weight excluding hydrogens is 275 g/mol. The molecule has 6 heteroatoms. The summed E-state index contributed by atoms with van der Waals surface area (Å²) >= 11 is 0. The van der Waals surface area contributed by atoms with Crippen LogP contribution in [0.5, 0.6) is 0 Å². The summed E-state index contributed by atoms with van der Waals surface area (Å²) in [6.45, 7) is 2.39. The molecule has 1 saturated heterocycles. The lowest BCUT2D eigenvalue weighted by Gasteiger charge is -2.26. The third kappa shape index (κ3) is 2.21. The fraction of sp³-hybridized carbons (Fsp3) is 0.333. The second-order valence-electron chi connectivity index (χ2n) is 4.88. The summed E-state index contributed by atoms with van der Waals surface area (Å²) in [4.78, 5) is 23.9. The highest BCUT2D eigenvalue weighted by molar-refractivity contribution is 5.92. The van der Waals surface area contributed by atoms with Crippen molar-refractivity contribution in [3.63, 3.8) is 0 Å². The van der Waals surface area contributed by atoms with Crippen LogP contribution < -0.4 is 0 Å². The highest BCUT2D eigenvalue weighted by Gasteiger charge is 2.44. The Kier molecular flexibility index (Phi) is 3.47. The van der Waals surface area contributed by atoms with E-state index in [9.17, 15) is 14.0 Å². The molecule has 0 aliphatic carbocycles. The number of fused-ring (bicyclic) bond motifs is 1. The Bertz CT molecular complexity index is 629. The van der Waals surface area contributed by atoms with Crippen LogP contribution in [0.15, 0.2) is 36.0 Å². The molecule has 3 rings (SSSR count). The van der Waals surface area contributed by atoms with Crippen LogP contribution in [-0.4, -0.2) is 35.0 Å². The monoisotopic (exact) mass is 290 g/mol. The van der Waals surface area contributed by atoms with E-state index < -0.39 is 17.8 Å². The summed E-state index contributed by atoms with van der Waals surface area (Å²) < 4.78 is 19.1. The van der Waals surface area contributed by atoms with Crippen molar-refractivity contribution in [2.24, 2.45) is 0 Å². The number of nitrogens with zero attached hydrogens (tertiary/aromatic N) is 2. The van der Waals surface area contributed by atoms with Gasteiger partial charge in [-0.15, -0.1) is 0 Å². The van der Waals surface area contributed by atoms with E-state index in [-0.39, 0.29) is 18.1 Å². The summed E-state index contributed by atoms with van der Waals surface area (Å²) in [7, 11) is 0. The largest absolute Gasteiger partial charge is 0.463 e. The molecule has 1 aromatic rings. The fourth-order valence-electron chi connectivity index (χ4n) is 2.74. The molecule has 2 aliphatic heterocycles. The van der Waals surface area contributed by atoms with Crippen LogP contribution in [0.25, 0.3) is 0 Å². The topological polar surface area (TPSA) is 49.9 Å². The summed E-state index contributed by atoms with van der Waals surface area (Å²) in [5, 5.41) is 3.09. The summed E-state index contributed by atoms with van der Waals surface area (Å²) in [5.41, 5.74) is 0.656. The molecule has 0 radical (unpaired) electrons. The first-order valence-electron chi connectivity index (χ1n) is 6.85. The minimum atomic E-state index is -0.614. The zero-order valence-electron chi connectivity index (χ0n) is 11.6. The van der Waals surface area contributed by atoms with Gasteiger partial charge in [0.25, 0.3) is 0 Å². The number of ether oxygens (including phenoxy) is 1. The van der Waals surface area contributed by atoms with Gasteiger partial charge in [0.1, 0.15) is 5.82 Å². The number of hydrogen-bond acceptors (Lipinski definition) is 4. The first-order chi connectivity index (χ1) is 10.1. The van der Waals surface area contributed by atoms with Crippen LogP contribution in [0.1, 0.15) is 24.9 Å². The van der Waals surface area contributed by atoms with Gasteiger partial charge in [-0.2, -0.15) is 0 Å². The smallest absolute Gasteiger partial charge is 0.337 e. The van der Waals surface area contributed by atoms with E-state index in [1.807, 2.05) is 0 Å². The molecule has 0 saturated carbocycles. The van der Waals surface area contributed by atoms with E-state index in [0.717, 1.165) is 0 Å². The van der Waals surface area contributed by atoms with Crippen molar-refractivity contribution in [3.8, 4) is 0 Å². The molecule has 1 amide bonds. The number of esters is 1. The highest BCUT2D eigenvalue weighted by Crippen LogP contribution is 2.40. The Morgan fingerprint density at radius 2 is 2.19 bits per heavy atom. The van der Waals surface area contributed by atoms with Crippen LogP contribution in [0, 0.1) is 5.82 Å². The van der Waals surface area contributed by atoms with E-state index in [0.29, 0.717) is 18.5 Å². The average molecular weight is 290 g/mol. The van der Waals surface area contributed by atoms with Crippen molar-refractivity contribution >= 4 is 11.9 Å². The predicted octanol–water partition coefficient (Wildman–Crippen LogP) is 1.78. The third-order valence-corrected chi connectivity index (χ3v) is 3.65. The van der Waals surface area contributed by atoms with Crippen LogP contribution in [0.4, 0.5) is 4.39 Å². The van der Waals surface area contributed by atoms with Crippen molar-refractivity contribution in [3.05, 3.63) is 47.4 Å². The maximum atomic E-state index is 14.1. The lowest BCUT2D eigenvalue weighted by atomic mass is 9.99. The SMILES string of the molecule is CCOC(=O)C1=CN2C(=O)CCN2[C@@H]1c1ccccc1F. The minimum Gasteiger partial charge on any atom is -0.463 e. The number of carbonyl (C=O) groups excluding carboxylic acids is 2. The van der Waals surface area contributed by atoms with Crippen molar-refractivity contribution in [2.45, 2.75) is 19.4 Å². The van der Waals surface area contributed by atoms with E-state index >= 15 is 0 Å². The second-order valence-corrected chi connectivity index (χ2v) is 4.88. The lowest BCUT2D eigenvalue weighted by molar-refractivity contribution is -0.139. The van der Waals surface area contributed by atoms with Gasteiger partial charge in [-0.1, -0.05) is 18.2 Å². The molecule has 1 atom stereocenters. The molecule has 1 fully saturated rings. The third-order valence-electron chi connectivity index (χ3n) is 3.65. The van der Waals surface area contributed by atoms with Gasteiger partial charge in [0.2, 0.25) is 5.91 Å². The van der Waals surface area contributed by atoms with Crippen LogP contribution in [0.3, 0.4) is 0 Å². The molecular formula is C15H15FN2O3. The van der Waals surface area contributed by atoms with Gasteiger partial charge in [-0.05, 0) is 13.0 Å². The predicted molar refractivity (Wildman–Crippen MR) is 72.0 cm³/mol. The number of hydrogen-bond donors (Lipinski definition) is 0. The van der Waals surface area contributed by atoms with Crippen LogP contribution in [-0.2, 0) is 14.3 Å². The Morgan fingerprint density at radius 3 is 2.90 bits per heavy atom. The molecule has 2 aliphatic rings. The molecule has 5 nitrogen and oxygen atoms in total. The standard InChI is InChI=1S/C15H15FN2O3/c1-2-21-15(20)11-9-18-13(19)7-8-17(18)14(11)10-5-3-4-6-12(10)16/h3-6,9,14H,2,7-8H2,1H3/t14-/m1/s1. The average Bonchev–Trinajstić information content (AvgIpc) is 3.00. The van der Waals surface area contributed by atoms with E-state index in [1.165, 1.54) is 17.3 Å². The highest BCUT2D eigenvalue weighted by atomic mass is 19.1. The molecule has 0 unspecified atom stereocenters. The van der Waals surface area contributed by atoms with Crippen LogP contribution >= 0.6 is 0 Å². The number of hydrazine groups is 1. The van der Waals surface area contributed by atoms with Gasteiger partial charge >= 0.3 is 5.97 Å². The van der Waals surface area contributed by atoms with Crippen molar-refractivity contribution in [2.75, 3.05) is 13.2 Å². The van der Waals surface area contributed by atoms with E-state index in [4.69, 9.17) is 4.74 Å². The van der Waals surface area contributed by atoms with Crippen molar-refractivity contribution in [1.82, 2.24) is 10.0 Å². The zero-order valence-corrected chi connectivity index (χ0v) is 11.6. The zero-order chi connectivity index (χ0) is 15.0. The molecule has 110 valence electrons. The Morgan fingerprint density at radius 1 is 1.43 bits per heavy atom. The Labute approximate surface area is 121 Å². The molecule has 2 heterocycles. The Balaban J connectivity index is 2.03. The first kappa shape index (κ1) is 13.8. The first-order valence-corrected chi connectivity index (χ1v) is 6.85. The van der Waals surface area contributed by atoms with Crippen molar-refractivity contribution in [1.29, 1.82) is 0 Å². The molecule has 0 bridgehead atoms. The fourth-order valence-corrected chi connectivity index (χ4v) is 2.74. The lowest BCUT2D eigenvalue weighted by Crippen LogP contribution is -2.33. The number of halogens is 1. The number of rotatable bonds is 3. The van der Waals surface area contributed by atoms with Gasteiger partial charge in [0, 0.05) is 24.7 Å². The summed E-state index contributed by atoms with van der Waals surface area (Å²) in [6.07, 6.45) is 1.82. The maximum Gasteiger partial charge on any atom is 0.337 e. The quantitative estimate of drug-likeness (QED) is 0.796. The molecule has 0 aromatic heterocycles. The van der Waals surface area contributed by atoms with Gasteiger partial charge in [0.15, 0.2) is 0 Å². The summed E-state index contributed by atoms with van der Waals surface area (Å²) in [5.74, 6) is -1.03. The summed E-state index contributed by atoms with van der Waals surface area (Å²) in [6, 6.07) is 5.66. The van der Waals surface area contributed by atoms with E-state index in [1.54, 1.807) is 30.1 Å². The van der Waals surface area contributed by atoms with Gasteiger partial charge < -0.3 is 4.74 Å². The number of benzene rings is 1. The maximum absolute atomic E-state index is 14.1. The number of amides is 1. The molecule has 21 heavy (non-hydrogen) atoms. The van der Waals surface area contributed by atoms with Crippen LogP contribution in [0.2, 0.25) is 0 Å².